The van der Waals surface area contributed by atoms with Crippen LogP contribution in [0.3, 0.4) is 0 Å². The third-order valence-corrected chi connectivity index (χ3v) is 8.92. The molecule has 0 radical (unpaired) electrons. The Kier molecular flexibility index (Phi) is 8.80. The minimum absolute atomic E-state index is 0.0485. The Hall–Kier alpha value is -2.08. The van der Waals surface area contributed by atoms with Crippen LogP contribution >= 0.6 is 11.3 Å². The second-order valence-electron chi connectivity index (χ2n) is 11.4. The van der Waals surface area contributed by atoms with Crippen molar-refractivity contribution in [2.45, 2.75) is 104 Å². The zero-order valence-corrected chi connectivity index (χ0v) is 23.4. The number of aliphatic hydroxyl groups excluding tert-OH is 1. The molecule has 2 fully saturated rings. The van der Waals surface area contributed by atoms with Gasteiger partial charge in [-0.25, -0.2) is 4.98 Å². The van der Waals surface area contributed by atoms with Crippen molar-refractivity contribution in [3.8, 4) is 6.07 Å². The van der Waals surface area contributed by atoms with E-state index in [0.717, 1.165) is 35.5 Å². The number of nitrogens with zero attached hydrogens (tertiary/aromatic N) is 2. The molecule has 1 N–H and O–H groups in total. The lowest BCUT2D eigenvalue weighted by atomic mass is 9.69. The van der Waals surface area contributed by atoms with Crippen LogP contribution in [-0.2, 0) is 19.1 Å². The first-order chi connectivity index (χ1) is 16.8. The van der Waals surface area contributed by atoms with Crippen molar-refractivity contribution >= 4 is 29.2 Å². The molecule has 8 heteroatoms. The fourth-order valence-corrected chi connectivity index (χ4v) is 5.86. The van der Waals surface area contributed by atoms with Crippen molar-refractivity contribution < 1.29 is 24.2 Å². The van der Waals surface area contributed by atoms with Crippen LogP contribution in [0.2, 0.25) is 0 Å². The molecule has 0 aromatic carbocycles. The van der Waals surface area contributed by atoms with E-state index in [1.54, 1.807) is 32.1 Å². The lowest BCUT2D eigenvalue weighted by Gasteiger charge is -2.34. The van der Waals surface area contributed by atoms with Gasteiger partial charge in [0.2, 0.25) is 0 Å². The number of ether oxygens (including phenoxy) is 2. The van der Waals surface area contributed by atoms with E-state index in [9.17, 15) is 20.0 Å². The van der Waals surface area contributed by atoms with Crippen LogP contribution in [0.25, 0.3) is 6.08 Å². The molecule has 1 aromatic heterocycles. The summed E-state index contributed by atoms with van der Waals surface area (Å²) in [6.07, 6.45) is 3.32. The molecule has 0 aliphatic carbocycles. The fraction of sp³-hybridized carbons (Fsp3) is 0.714. The Bertz CT molecular complexity index is 1040. The Morgan fingerprint density at radius 3 is 2.61 bits per heavy atom. The maximum Gasteiger partial charge on any atom is 0.307 e. The fourth-order valence-electron chi connectivity index (χ4n) is 5.29. The first kappa shape index (κ1) is 28.5. The number of aromatic nitrogens is 1. The van der Waals surface area contributed by atoms with Gasteiger partial charge in [0.15, 0.2) is 0 Å². The lowest BCUT2D eigenvalue weighted by Crippen LogP contribution is -2.43. The van der Waals surface area contributed by atoms with Crippen molar-refractivity contribution in [2.24, 2.45) is 23.2 Å². The van der Waals surface area contributed by atoms with E-state index < -0.39 is 35.4 Å². The highest BCUT2D eigenvalue weighted by atomic mass is 32.1. The molecular weight excluding hydrogens is 476 g/mol. The first-order valence-corrected chi connectivity index (χ1v) is 13.8. The number of esters is 1. The maximum absolute atomic E-state index is 13.4. The van der Waals surface area contributed by atoms with Crippen LogP contribution in [0.4, 0.5) is 0 Å². The molecule has 7 unspecified atom stereocenters. The predicted molar refractivity (Wildman–Crippen MR) is 139 cm³/mol. The minimum Gasteiger partial charge on any atom is -0.458 e. The van der Waals surface area contributed by atoms with E-state index in [1.807, 2.05) is 32.2 Å². The monoisotopic (exact) mass is 516 g/mol. The molecule has 7 atom stereocenters. The smallest absolute Gasteiger partial charge is 0.307 e. The number of aliphatic hydroxyl groups is 1. The number of carbonyl (C=O) groups is 2. The van der Waals surface area contributed by atoms with Gasteiger partial charge in [0, 0.05) is 23.1 Å². The summed E-state index contributed by atoms with van der Waals surface area (Å²) >= 11 is 1.56. The molecule has 0 spiro atoms. The minimum atomic E-state index is -1.11. The number of cyclic esters (lactones) is 1. The third-order valence-electron chi connectivity index (χ3n) is 8.13. The summed E-state index contributed by atoms with van der Waals surface area (Å²) < 4.78 is 12.0. The third kappa shape index (κ3) is 6.42. The molecule has 3 heterocycles. The Balaban J connectivity index is 1.89. The van der Waals surface area contributed by atoms with Crippen LogP contribution < -0.4 is 0 Å². The van der Waals surface area contributed by atoms with Crippen LogP contribution in [-0.4, -0.2) is 45.8 Å². The van der Waals surface area contributed by atoms with E-state index >= 15 is 0 Å². The molecule has 2 aliphatic heterocycles. The number of rotatable bonds is 2. The van der Waals surface area contributed by atoms with E-state index in [0.29, 0.717) is 6.42 Å². The summed E-state index contributed by atoms with van der Waals surface area (Å²) in [5.41, 5.74) is 0.270. The topological polar surface area (TPSA) is 113 Å². The van der Waals surface area contributed by atoms with Gasteiger partial charge in [-0.05, 0) is 51.2 Å². The van der Waals surface area contributed by atoms with Crippen LogP contribution in [0.5, 0.6) is 0 Å². The number of hydrogen-bond donors (Lipinski definition) is 1. The van der Waals surface area contributed by atoms with Gasteiger partial charge < -0.3 is 14.6 Å². The van der Waals surface area contributed by atoms with Gasteiger partial charge in [-0.1, -0.05) is 34.1 Å². The summed E-state index contributed by atoms with van der Waals surface area (Å²) in [6.45, 7) is 13.0. The summed E-state index contributed by atoms with van der Waals surface area (Å²) in [4.78, 5) is 31.0. The molecule has 2 aliphatic rings. The second-order valence-corrected chi connectivity index (χ2v) is 12.5. The number of nitriles is 1. The average Bonchev–Trinajstić information content (AvgIpc) is 3.26. The van der Waals surface area contributed by atoms with Crippen molar-refractivity contribution in [3.05, 3.63) is 21.7 Å². The molecule has 7 nitrogen and oxygen atoms in total. The molecule has 0 amide bonds. The highest BCUT2D eigenvalue weighted by Gasteiger charge is 2.53. The lowest BCUT2D eigenvalue weighted by molar-refractivity contribution is -0.150. The highest BCUT2D eigenvalue weighted by Crippen LogP contribution is 2.45. The van der Waals surface area contributed by atoms with Gasteiger partial charge >= 0.3 is 5.97 Å². The van der Waals surface area contributed by atoms with Crippen LogP contribution in [0, 0.1) is 41.4 Å². The molecule has 0 bridgehead atoms. The number of aryl methyl sites for hydroxylation is 1. The molecule has 3 rings (SSSR count). The largest absolute Gasteiger partial charge is 0.458 e. The van der Waals surface area contributed by atoms with Gasteiger partial charge in [0.1, 0.15) is 11.9 Å². The summed E-state index contributed by atoms with van der Waals surface area (Å²) in [5, 5.41) is 23.7. The van der Waals surface area contributed by atoms with Crippen molar-refractivity contribution in [1.82, 2.24) is 4.98 Å². The Morgan fingerprint density at radius 1 is 1.31 bits per heavy atom. The summed E-state index contributed by atoms with van der Waals surface area (Å²) in [6, 6.07) is 2.16. The van der Waals surface area contributed by atoms with E-state index in [-0.39, 0.29) is 29.8 Å². The van der Waals surface area contributed by atoms with Gasteiger partial charge in [0.25, 0.3) is 0 Å². The summed E-state index contributed by atoms with van der Waals surface area (Å²) in [7, 11) is 0. The van der Waals surface area contributed by atoms with E-state index in [4.69, 9.17) is 9.47 Å². The van der Waals surface area contributed by atoms with Crippen molar-refractivity contribution in [1.29, 1.82) is 5.26 Å². The summed E-state index contributed by atoms with van der Waals surface area (Å²) in [5.74, 6) is -2.32. The van der Waals surface area contributed by atoms with E-state index in [2.05, 4.69) is 18.0 Å². The van der Waals surface area contributed by atoms with Crippen molar-refractivity contribution in [2.75, 3.05) is 0 Å². The molecule has 36 heavy (non-hydrogen) atoms. The maximum atomic E-state index is 13.4. The Morgan fingerprint density at radius 2 is 2.00 bits per heavy atom. The average molecular weight is 517 g/mol. The second kappa shape index (κ2) is 11.1. The van der Waals surface area contributed by atoms with Gasteiger partial charge in [0.05, 0.1) is 46.9 Å². The number of carbonyl (C=O) groups excluding carboxylic acids is 2. The number of ketones is 1. The zero-order valence-electron chi connectivity index (χ0n) is 22.5. The van der Waals surface area contributed by atoms with Crippen molar-refractivity contribution in [3.63, 3.8) is 0 Å². The quantitative estimate of drug-likeness (QED) is 0.421. The van der Waals surface area contributed by atoms with Gasteiger partial charge in [-0.2, -0.15) is 5.26 Å². The normalized spacial score (nSPS) is 36.5. The Labute approximate surface area is 218 Å². The highest BCUT2D eigenvalue weighted by molar-refractivity contribution is 7.09. The SMILES string of the molecule is CC(=Cc1csc(C)n1)C1CC2OC2(C)CCCC(C)C(O)C(C)C(=O)C(C)(C)C(C#N)CC(=O)O1. The zero-order chi connectivity index (χ0) is 26.8. The number of epoxide rings is 1. The first-order valence-electron chi connectivity index (χ1n) is 12.9. The molecule has 198 valence electrons. The molecule has 0 saturated carbocycles. The van der Waals surface area contributed by atoms with Gasteiger partial charge in [-0.15, -0.1) is 11.3 Å². The standard InChI is InChI=1S/C28H40N2O5S/c1-16-9-8-10-28(7)23(35-28)13-22(17(2)11-21-15-36-19(4)30-21)34-24(31)12-20(14-29)27(5,6)26(33)18(3)25(16)32/h11,15-16,18,20,22-23,25,32H,8-10,12-13H2,1-7H3. The molecule has 2 saturated heterocycles. The van der Waals surface area contributed by atoms with Crippen LogP contribution in [0.15, 0.2) is 11.0 Å². The number of thiazole rings is 1. The predicted octanol–water partition coefficient (Wildman–Crippen LogP) is 5.26. The number of fused-ring (bicyclic) bond motifs is 1. The molecular formula is C28H40N2O5S. The molecule has 1 aromatic rings. The van der Waals surface area contributed by atoms with Crippen LogP contribution in [0.1, 0.15) is 84.3 Å². The van der Waals surface area contributed by atoms with Gasteiger partial charge in [-0.3, -0.25) is 9.59 Å². The van der Waals surface area contributed by atoms with E-state index in [1.165, 1.54) is 0 Å². The number of hydrogen-bond acceptors (Lipinski definition) is 8. The number of Topliss-reactive ketones (excluding diaryl/α,β-unsaturated/α-hetero) is 1.